The van der Waals surface area contributed by atoms with E-state index < -0.39 is 0 Å². The summed E-state index contributed by atoms with van der Waals surface area (Å²) in [6.07, 6.45) is 0. The molecule has 0 atom stereocenters. The minimum atomic E-state index is 0.896. The van der Waals surface area contributed by atoms with E-state index in [0.29, 0.717) is 0 Å². The first-order valence-electron chi connectivity index (χ1n) is 6.08. The van der Waals surface area contributed by atoms with Crippen molar-refractivity contribution in [2.24, 2.45) is 7.05 Å². The van der Waals surface area contributed by atoms with Crippen molar-refractivity contribution in [3.63, 3.8) is 0 Å². The Morgan fingerprint density at radius 2 is 1.58 bits per heavy atom. The van der Waals surface area contributed by atoms with E-state index in [4.69, 9.17) is 0 Å². The Labute approximate surface area is 116 Å². The predicted octanol–water partition coefficient (Wildman–Crippen LogP) is 3.38. The van der Waals surface area contributed by atoms with E-state index in [2.05, 4.69) is 26.4 Å². The van der Waals surface area contributed by atoms with Crippen LogP contribution >= 0.6 is 11.5 Å². The summed E-state index contributed by atoms with van der Waals surface area (Å²) < 4.78 is 2.07. The molecule has 0 spiro atoms. The van der Waals surface area contributed by atoms with Gasteiger partial charge in [0.1, 0.15) is 11.5 Å². The van der Waals surface area contributed by atoms with Crippen LogP contribution in [0.5, 0.6) is 0 Å². The Morgan fingerprint density at radius 1 is 0.947 bits per heavy atom. The van der Waals surface area contributed by atoms with Crippen LogP contribution in [-0.4, -0.2) is 4.98 Å². The number of para-hydroxylation sites is 1. The maximum atomic E-state index is 4.65. The van der Waals surface area contributed by atoms with E-state index in [9.17, 15) is 0 Å². The van der Waals surface area contributed by atoms with Crippen LogP contribution < -0.4 is 9.27 Å². The molecule has 3 rings (SSSR count). The van der Waals surface area contributed by atoms with Gasteiger partial charge in [-0.3, -0.25) is 0 Å². The van der Waals surface area contributed by atoms with Gasteiger partial charge in [-0.1, -0.05) is 36.4 Å². The molecule has 0 radical (unpaired) electrons. The third-order valence-electron chi connectivity index (χ3n) is 2.79. The molecule has 94 valence electrons. The molecule has 3 nitrogen and oxygen atoms in total. The van der Waals surface area contributed by atoms with Crippen molar-refractivity contribution in [1.82, 2.24) is 4.98 Å². The van der Waals surface area contributed by atoms with E-state index >= 15 is 0 Å². The fourth-order valence-corrected chi connectivity index (χ4v) is 2.67. The van der Waals surface area contributed by atoms with Crippen LogP contribution in [0, 0.1) is 0 Å². The van der Waals surface area contributed by atoms with Gasteiger partial charge in [0.15, 0.2) is 0 Å². The summed E-state index contributed by atoms with van der Waals surface area (Å²) in [5.74, 6) is 0.976. The quantitative estimate of drug-likeness (QED) is 0.738. The summed E-state index contributed by atoms with van der Waals surface area (Å²) in [6, 6.07) is 20.3. The highest BCUT2D eigenvalue weighted by atomic mass is 32.1. The Bertz CT molecular complexity index is 662. The van der Waals surface area contributed by atoms with Crippen molar-refractivity contribution in [3.8, 4) is 11.4 Å². The second-order valence-electron chi connectivity index (χ2n) is 4.19. The van der Waals surface area contributed by atoms with Crippen molar-refractivity contribution in [2.45, 2.75) is 0 Å². The number of hydrogen-bond donors (Lipinski definition) is 1. The topological polar surface area (TPSA) is 28.8 Å². The number of aryl methyl sites for hydroxylation is 1. The maximum absolute atomic E-state index is 4.65. The first kappa shape index (κ1) is 11.9. The fraction of sp³-hybridized carbons (Fsp3) is 0.0667. The second kappa shape index (κ2) is 5.20. The highest BCUT2D eigenvalue weighted by Crippen LogP contribution is 2.21. The molecule has 1 N–H and O–H groups in total. The van der Waals surface area contributed by atoms with Crippen molar-refractivity contribution in [3.05, 3.63) is 60.7 Å². The van der Waals surface area contributed by atoms with Crippen molar-refractivity contribution < 1.29 is 3.96 Å². The summed E-state index contributed by atoms with van der Waals surface area (Å²) in [6.45, 7) is 0. The summed E-state index contributed by atoms with van der Waals surface area (Å²) in [5, 5.41) is 4.22. The first-order chi connectivity index (χ1) is 9.33. The van der Waals surface area contributed by atoms with Gasteiger partial charge >= 0.3 is 11.0 Å². The monoisotopic (exact) mass is 268 g/mol. The van der Waals surface area contributed by atoms with Gasteiger partial charge in [-0.2, -0.15) is 3.96 Å². The lowest BCUT2D eigenvalue weighted by Crippen LogP contribution is -2.24. The van der Waals surface area contributed by atoms with Gasteiger partial charge in [-0.25, -0.2) is 0 Å². The smallest absolute Gasteiger partial charge is 0.308 e. The Balaban J connectivity index is 1.90. The number of anilines is 2. The number of rotatable bonds is 3. The Hall–Kier alpha value is -2.20. The molecular formula is C15H14N3S+. The van der Waals surface area contributed by atoms with E-state index in [1.54, 1.807) is 11.5 Å². The largest absolute Gasteiger partial charge is 0.345 e. The van der Waals surface area contributed by atoms with Gasteiger partial charge < -0.3 is 5.32 Å². The van der Waals surface area contributed by atoms with Crippen LogP contribution in [0.25, 0.3) is 11.4 Å². The normalized spacial score (nSPS) is 10.4. The van der Waals surface area contributed by atoms with Crippen LogP contribution in [-0.2, 0) is 7.05 Å². The number of nitrogens with zero attached hydrogens (tertiary/aromatic N) is 2. The highest BCUT2D eigenvalue weighted by molar-refractivity contribution is 7.06. The summed E-state index contributed by atoms with van der Waals surface area (Å²) in [7, 11) is 2.02. The predicted molar refractivity (Wildman–Crippen MR) is 78.5 cm³/mol. The third-order valence-corrected chi connectivity index (χ3v) is 3.60. The minimum Gasteiger partial charge on any atom is -0.308 e. The molecule has 0 aliphatic rings. The molecule has 3 aromatic rings. The van der Waals surface area contributed by atoms with Gasteiger partial charge in [0.05, 0.1) is 12.6 Å². The highest BCUT2D eigenvalue weighted by Gasteiger charge is 2.19. The van der Waals surface area contributed by atoms with Crippen LogP contribution in [0.1, 0.15) is 0 Å². The lowest BCUT2D eigenvalue weighted by atomic mass is 10.2. The molecular weight excluding hydrogens is 254 g/mol. The lowest BCUT2D eigenvalue weighted by molar-refractivity contribution is -0.591. The standard InChI is InChI=1S/C15H13N3S/c1-18-14(12-8-4-2-5-9-12)17-15(19-18)16-13-10-6-3-7-11-13/h2-11H,1H3/p+1. The van der Waals surface area contributed by atoms with E-state index in [-0.39, 0.29) is 0 Å². The zero-order chi connectivity index (χ0) is 13.1. The molecule has 0 unspecified atom stereocenters. The maximum Gasteiger partial charge on any atom is 0.345 e. The van der Waals surface area contributed by atoms with Crippen LogP contribution in [0.4, 0.5) is 10.8 Å². The zero-order valence-corrected chi connectivity index (χ0v) is 11.4. The zero-order valence-electron chi connectivity index (χ0n) is 10.6. The second-order valence-corrected chi connectivity index (χ2v) is 5.30. The summed E-state index contributed by atoms with van der Waals surface area (Å²) in [4.78, 5) is 4.65. The van der Waals surface area contributed by atoms with Crippen LogP contribution in [0.2, 0.25) is 0 Å². The van der Waals surface area contributed by atoms with E-state index in [1.807, 2.05) is 55.6 Å². The fourth-order valence-electron chi connectivity index (χ4n) is 1.89. The van der Waals surface area contributed by atoms with E-state index in [0.717, 1.165) is 22.2 Å². The number of benzene rings is 2. The third kappa shape index (κ3) is 2.63. The van der Waals surface area contributed by atoms with Gasteiger partial charge in [-0.05, 0) is 29.2 Å². The summed E-state index contributed by atoms with van der Waals surface area (Å²) in [5.41, 5.74) is 2.18. The summed E-state index contributed by atoms with van der Waals surface area (Å²) >= 11 is 1.60. The molecule has 0 fully saturated rings. The molecule has 0 saturated carbocycles. The van der Waals surface area contributed by atoms with Crippen molar-refractivity contribution >= 4 is 22.4 Å². The molecule has 0 bridgehead atoms. The molecule has 0 saturated heterocycles. The molecule has 4 heteroatoms. The minimum absolute atomic E-state index is 0.896. The number of nitrogens with one attached hydrogen (secondary N) is 1. The van der Waals surface area contributed by atoms with Gasteiger partial charge in [0.25, 0.3) is 0 Å². The van der Waals surface area contributed by atoms with Gasteiger partial charge in [0, 0.05) is 5.69 Å². The number of aromatic nitrogens is 2. The molecule has 2 aromatic carbocycles. The van der Waals surface area contributed by atoms with Crippen molar-refractivity contribution in [1.29, 1.82) is 0 Å². The molecule has 1 heterocycles. The van der Waals surface area contributed by atoms with Gasteiger partial charge in [0.2, 0.25) is 0 Å². The Kier molecular flexibility index (Phi) is 3.25. The molecule has 19 heavy (non-hydrogen) atoms. The first-order valence-corrected chi connectivity index (χ1v) is 6.85. The molecule has 1 aromatic heterocycles. The molecule has 0 amide bonds. The lowest BCUT2D eigenvalue weighted by Gasteiger charge is -1.95. The Morgan fingerprint density at radius 3 is 2.26 bits per heavy atom. The van der Waals surface area contributed by atoms with Crippen LogP contribution in [0.15, 0.2) is 60.7 Å². The van der Waals surface area contributed by atoms with Gasteiger partial charge in [-0.15, -0.1) is 0 Å². The van der Waals surface area contributed by atoms with Crippen molar-refractivity contribution in [2.75, 3.05) is 5.32 Å². The number of hydrogen-bond acceptors (Lipinski definition) is 3. The molecule has 0 aliphatic heterocycles. The van der Waals surface area contributed by atoms with Crippen LogP contribution in [0.3, 0.4) is 0 Å². The molecule has 0 aliphatic carbocycles. The SMILES string of the molecule is C[n+]1sc(Nc2ccccc2)nc1-c1ccccc1. The average molecular weight is 268 g/mol. The average Bonchev–Trinajstić information content (AvgIpc) is 2.82. The van der Waals surface area contributed by atoms with E-state index in [1.165, 1.54) is 0 Å².